The van der Waals surface area contributed by atoms with E-state index in [1.807, 2.05) is 31.2 Å². The molecule has 4 rings (SSSR count). The molecule has 0 aliphatic heterocycles. The normalized spacial score (nSPS) is 10.9. The van der Waals surface area contributed by atoms with Crippen LogP contribution in [0.5, 0.6) is 0 Å². The van der Waals surface area contributed by atoms with Gasteiger partial charge < -0.3 is 5.32 Å². The molecule has 3 aromatic carbocycles. The highest BCUT2D eigenvalue weighted by atomic mass is 32.1. The van der Waals surface area contributed by atoms with Crippen LogP contribution in [0.15, 0.2) is 60.7 Å². The second-order valence-electron chi connectivity index (χ2n) is 6.12. The van der Waals surface area contributed by atoms with Crippen LogP contribution >= 0.6 is 11.3 Å². The summed E-state index contributed by atoms with van der Waals surface area (Å²) in [7, 11) is 0. The van der Waals surface area contributed by atoms with Gasteiger partial charge >= 0.3 is 0 Å². The summed E-state index contributed by atoms with van der Waals surface area (Å²) in [5.41, 5.74) is 2.87. The third kappa shape index (κ3) is 3.44. The molecule has 1 amide bonds. The summed E-state index contributed by atoms with van der Waals surface area (Å²) in [6.07, 6.45) is 0. The van der Waals surface area contributed by atoms with E-state index in [4.69, 9.17) is 0 Å². The van der Waals surface area contributed by atoms with Crippen LogP contribution < -0.4 is 5.32 Å². The predicted octanol–water partition coefficient (Wildman–Crippen LogP) is 5.80. The minimum absolute atomic E-state index is 0.448. The first kappa shape index (κ1) is 17.3. The maximum absolute atomic E-state index is 13.7. The minimum Gasteiger partial charge on any atom is -0.322 e. The van der Waals surface area contributed by atoms with Gasteiger partial charge in [-0.2, -0.15) is 0 Å². The van der Waals surface area contributed by atoms with Gasteiger partial charge in [0.05, 0.1) is 10.2 Å². The fourth-order valence-corrected chi connectivity index (χ4v) is 3.83. The standard InChI is InChI=1S/C21H14F2N2OS/c1-12-5-10-17-18(11-12)27-21(25-17)13-6-8-14(9-7-13)24-20(26)19-15(22)3-2-4-16(19)23/h2-11H,1H3,(H,24,26). The van der Waals surface area contributed by atoms with Crippen LogP contribution in [0.1, 0.15) is 15.9 Å². The zero-order valence-corrected chi connectivity index (χ0v) is 15.1. The molecule has 0 fully saturated rings. The number of aryl methyl sites for hydroxylation is 1. The molecule has 0 unspecified atom stereocenters. The van der Waals surface area contributed by atoms with Gasteiger partial charge in [-0.1, -0.05) is 12.1 Å². The first-order chi connectivity index (χ1) is 13.0. The maximum atomic E-state index is 13.7. The molecule has 0 saturated heterocycles. The quantitative estimate of drug-likeness (QED) is 0.488. The van der Waals surface area contributed by atoms with Crippen molar-refractivity contribution in [2.45, 2.75) is 6.92 Å². The summed E-state index contributed by atoms with van der Waals surface area (Å²) in [6.45, 7) is 2.04. The first-order valence-corrected chi connectivity index (χ1v) is 9.06. The van der Waals surface area contributed by atoms with Crippen molar-refractivity contribution in [2.75, 3.05) is 5.32 Å². The molecule has 0 atom stereocenters. The van der Waals surface area contributed by atoms with E-state index in [1.165, 1.54) is 11.6 Å². The number of amides is 1. The lowest BCUT2D eigenvalue weighted by atomic mass is 10.1. The highest BCUT2D eigenvalue weighted by Gasteiger charge is 2.17. The molecule has 4 aromatic rings. The molecular weight excluding hydrogens is 366 g/mol. The van der Waals surface area contributed by atoms with Gasteiger partial charge in [0.25, 0.3) is 5.91 Å². The topological polar surface area (TPSA) is 42.0 Å². The smallest absolute Gasteiger partial charge is 0.261 e. The molecule has 0 aliphatic carbocycles. The van der Waals surface area contributed by atoms with Crippen LogP contribution in [0.2, 0.25) is 0 Å². The number of carbonyl (C=O) groups is 1. The SMILES string of the molecule is Cc1ccc2nc(-c3ccc(NC(=O)c4c(F)cccc4F)cc3)sc2c1. The molecule has 0 spiro atoms. The molecule has 1 heterocycles. The van der Waals surface area contributed by atoms with Crippen molar-refractivity contribution >= 4 is 33.1 Å². The van der Waals surface area contributed by atoms with E-state index in [0.29, 0.717) is 5.69 Å². The second kappa shape index (κ2) is 6.89. The lowest BCUT2D eigenvalue weighted by molar-refractivity contribution is 0.101. The summed E-state index contributed by atoms with van der Waals surface area (Å²) < 4.78 is 28.5. The zero-order valence-electron chi connectivity index (χ0n) is 14.3. The Morgan fingerprint density at radius 1 is 1.00 bits per heavy atom. The number of benzene rings is 3. The largest absolute Gasteiger partial charge is 0.322 e. The van der Waals surface area contributed by atoms with Gasteiger partial charge in [-0.05, 0) is 61.0 Å². The lowest BCUT2D eigenvalue weighted by Crippen LogP contribution is -2.15. The van der Waals surface area contributed by atoms with E-state index < -0.39 is 23.1 Å². The Bertz CT molecular complexity index is 1130. The molecule has 0 aliphatic rings. The fraction of sp³-hybridized carbons (Fsp3) is 0.0476. The first-order valence-electron chi connectivity index (χ1n) is 8.24. The summed E-state index contributed by atoms with van der Waals surface area (Å²) in [5, 5.41) is 3.39. The number of hydrogen-bond donors (Lipinski definition) is 1. The predicted molar refractivity (Wildman–Crippen MR) is 104 cm³/mol. The monoisotopic (exact) mass is 380 g/mol. The number of nitrogens with one attached hydrogen (secondary N) is 1. The molecule has 0 bridgehead atoms. The van der Waals surface area contributed by atoms with E-state index in [2.05, 4.69) is 16.4 Å². The number of halogens is 2. The van der Waals surface area contributed by atoms with E-state index >= 15 is 0 Å². The van der Waals surface area contributed by atoms with Gasteiger partial charge in [-0.25, -0.2) is 13.8 Å². The van der Waals surface area contributed by atoms with Gasteiger partial charge in [0.2, 0.25) is 0 Å². The zero-order chi connectivity index (χ0) is 19.0. The fourth-order valence-electron chi connectivity index (χ4n) is 2.76. The third-order valence-electron chi connectivity index (χ3n) is 4.12. The number of aromatic nitrogens is 1. The minimum atomic E-state index is -0.895. The summed E-state index contributed by atoms with van der Waals surface area (Å²) in [5.74, 6) is -2.61. The molecule has 27 heavy (non-hydrogen) atoms. The van der Waals surface area contributed by atoms with E-state index in [9.17, 15) is 13.6 Å². The Labute approximate surface area is 158 Å². The maximum Gasteiger partial charge on any atom is 0.261 e. The van der Waals surface area contributed by atoms with Crippen LogP contribution in [-0.4, -0.2) is 10.9 Å². The molecule has 0 saturated carbocycles. The van der Waals surface area contributed by atoms with Crippen molar-refractivity contribution in [3.05, 3.63) is 83.4 Å². The van der Waals surface area contributed by atoms with Gasteiger partial charge in [-0.3, -0.25) is 4.79 Å². The van der Waals surface area contributed by atoms with Crippen molar-refractivity contribution in [1.29, 1.82) is 0 Å². The highest BCUT2D eigenvalue weighted by Crippen LogP contribution is 2.31. The van der Waals surface area contributed by atoms with Gasteiger partial charge in [0.1, 0.15) is 22.2 Å². The van der Waals surface area contributed by atoms with Crippen LogP contribution in [0.25, 0.3) is 20.8 Å². The summed E-state index contributed by atoms with van der Waals surface area (Å²) >= 11 is 1.59. The summed E-state index contributed by atoms with van der Waals surface area (Å²) in [6, 6.07) is 16.4. The number of rotatable bonds is 3. The van der Waals surface area contributed by atoms with Crippen molar-refractivity contribution in [1.82, 2.24) is 4.98 Å². The van der Waals surface area contributed by atoms with Crippen molar-refractivity contribution in [2.24, 2.45) is 0 Å². The van der Waals surface area contributed by atoms with E-state index in [0.717, 1.165) is 32.9 Å². The molecule has 134 valence electrons. The Kier molecular flexibility index (Phi) is 4.41. The van der Waals surface area contributed by atoms with E-state index in [-0.39, 0.29) is 0 Å². The molecular formula is C21H14F2N2OS. The number of fused-ring (bicyclic) bond motifs is 1. The van der Waals surface area contributed by atoms with Crippen LogP contribution in [0.3, 0.4) is 0 Å². The van der Waals surface area contributed by atoms with Crippen LogP contribution in [0.4, 0.5) is 14.5 Å². The molecule has 1 aromatic heterocycles. The van der Waals surface area contributed by atoms with Crippen LogP contribution in [-0.2, 0) is 0 Å². The van der Waals surface area contributed by atoms with Crippen LogP contribution in [0, 0.1) is 18.6 Å². The molecule has 1 N–H and O–H groups in total. The Hall–Kier alpha value is -3.12. The average molecular weight is 380 g/mol. The van der Waals surface area contributed by atoms with Gasteiger partial charge in [-0.15, -0.1) is 11.3 Å². The van der Waals surface area contributed by atoms with Crippen molar-refractivity contribution < 1.29 is 13.6 Å². The molecule has 0 radical (unpaired) electrons. The average Bonchev–Trinajstić information content (AvgIpc) is 3.05. The number of nitrogens with zero attached hydrogens (tertiary/aromatic N) is 1. The van der Waals surface area contributed by atoms with Crippen molar-refractivity contribution in [3.8, 4) is 10.6 Å². The number of hydrogen-bond acceptors (Lipinski definition) is 3. The second-order valence-corrected chi connectivity index (χ2v) is 7.15. The van der Waals surface area contributed by atoms with E-state index in [1.54, 1.807) is 23.5 Å². The third-order valence-corrected chi connectivity index (χ3v) is 5.19. The highest BCUT2D eigenvalue weighted by molar-refractivity contribution is 7.21. The molecule has 3 nitrogen and oxygen atoms in total. The van der Waals surface area contributed by atoms with Crippen molar-refractivity contribution in [3.63, 3.8) is 0 Å². The van der Waals surface area contributed by atoms with Gasteiger partial charge in [0.15, 0.2) is 0 Å². The Balaban J connectivity index is 1.57. The number of thiazole rings is 1. The number of anilines is 1. The lowest BCUT2D eigenvalue weighted by Gasteiger charge is -2.07. The number of carbonyl (C=O) groups excluding carboxylic acids is 1. The Morgan fingerprint density at radius 3 is 2.41 bits per heavy atom. The molecule has 6 heteroatoms. The van der Waals surface area contributed by atoms with Gasteiger partial charge in [0, 0.05) is 11.3 Å². The summed E-state index contributed by atoms with van der Waals surface area (Å²) in [4.78, 5) is 16.8. The Morgan fingerprint density at radius 2 is 1.70 bits per heavy atom.